The van der Waals surface area contributed by atoms with Crippen LogP contribution in [0.1, 0.15) is 24.2 Å². The lowest BCUT2D eigenvalue weighted by Gasteiger charge is -2.10. The van der Waals surface area contributed by atoms with Crippen LogP contribution in [-0.2, 0) is 4.79 Å². The largest absolute Gasteiger partial charge is 0.352 e. The van der Waals surface area contributed by atoms with Crippen LogP contribution in [0.2, 0.25) is 0 Å². The Kier molecular flexibility index (Phi) is 5.27. The van der Waals surface area contributed by atoms with Gasteiger partial charge in [-0.15, -0.1) is 0 Å². The fourth-order valence-electron chi connectivity index (χ4n) is 1.30. The van der Waals surface area contributed by atoms with Crippen LogP contribution in [0.25, 0.3) is 0 Å². The topological polar surface area (TPSA) is 58.2 Å². The van der Waals surface area contributed by atoms with Gasteiger partial charge >= 0.3 is 0 Å². The van der Waals surface area contributed by atoms with Crippen molar-refractivity contribution in [2.24, 2.45) is 0 Å². The van der Waals surface area contributed by atoms with Gasteiger partial charge in [-0.2, -0.15) is 0 Å². The predicted molar refractivity (Wildman–Crippen MR) is 69.7 cm³/mol. The van der Waals surface area contributed by atoms with E-state index in [9.17, 15) is 14.0 Å². The molecule has 0 aliphatic carbocycles. The maximum atomic E-state index is 13.0. The van der Waals surface area contributed by atoms with Gasteiger partial charge < -0.3 is 10.6 Å². The van der Waals surface area contributed by atoms with E-state index in [0.717, 1.165) is 6.07 Å². The predicted octanol–water partition coefficient (Wildman–Crippen LogP) is 1.84. The lowest BCUT2D eigenvalue weighted by atomic mass is 10.2. The van der Waals surface area contributed by atoms with Gasteiger partial charge in [-0.1, -0.05) is 0 Å². The Labute approximate surface area is 113 Å². The highest BCUT2D eigenvalue weighted by Gasteiger charge is 2.12. The molecule has 0 spiro atoms. The van der Waals surface area contributed by atoms with Crippen molar-refractivity contribution in [3.05, 3.63) is 34.1 Å². The smallest absolute Gasteiger partial charge is 0.252 e. The first-order valence-electron chi connectivity index (χ1n) is 5.42. The minimum Gasteiger partial charge on any atom is -0.352 e. The molecule has 0 saturated heterocycles. The SMILES string of the molecule is CC(C)NC(=O)CNC(=O)c1cc(F)ccc1Br. The van der Waals surface area contributed by atoms with E-state index in [4.69, 9.17) is 0 Å². The van der Waals surface area contributed by atoms with Crippen LogP contribution < -0.4 is 10.6 Å². The van der Waals surface area contributed by atoms with Gasteiger partial charge in [0, 0.05) is 10.5 Å². The average Bonchev–Trinajstić information content (AvgIpc) is 2.28. The molecule has 0 aliphatic rings. The molecule has 6 heteroatoms. The van der Waals surface area contributed by atoms with Crippen molar-refractivity contribution >= 4 is 27.7 Å². The van der Waals surface area contributed by atoms with Crippen molar-refractivity contribution in [1.29, 1.82) is 0 Å². The summed E-state index contributed by atoms with van der Waals surface area (Å²) in [6, 6.07) is 3.81. The molecule has 18 heavy (non-hydrogen) atoms. The normalized spacial score (nSPS) is 10.3. The number of benzene rings is 1. The minimum absolute atomic E-state index is 0.00954. The van der Waals surface area contributed by atoms with Crippen molar-refractivity contribution in [3.8, 4) is 0 Å². The third kappa shape index (κ3) is 4.44. The van der Waals surface area contributed by atoms with Gasteiger partial charge in [0.15, 0.2) is 0 Å². The average molecular weight is 317 g/mol. The van der Waals surface area contributed by atoms with E-state index in [1.807, 2.05) is 13.8 Å². The van der Waals surface area contributed by atoms with Gasteiger partial charge in [-0.25, -0.2) is 4.39 Å². The Morgan fingerprint density at radius 2 is 2.06 bits per heavy atom. The van der Waals surface area contributed by atoms with Crippen molar-refractivity contribution in [2.75, 3.05) is 6.54 Å². The highest BCUT2D eigenvalue weighted by molar-refractivity contribution is 9.10. The lowest BCUT2D eigenvalue weighted by molar-refractivity contribution is -0.120. The van der Waals surface area contributed by atoms with Crippen LogP contribution in [-0.4, -0.2) is 24.4 Å². The van der Waals surface area contributed by atoms with Crippen LogP contribution in [0.15, 0.2) is 22.7 Å². The Morgan fingerprint density at radius 1 is 1.39 bits per heavy atom. The number of hydrogen-bond donors (Lipinski definition) is 2. The third-order valence-corrected chi connectivity index (χ3v) is 2.72. The summed E-state index contributed by atoms with van der Waals surface area (Å²) in [5, 5.41) is 5.06. The van der Waals surface area contributed by atoms with E-state index in [0.29, 0.717) is 4.47 Å². The third-order valence-electron chi connectivity index (χ3n) is 2.03. The van der Waals surface area contributed by atoms with Crippen molar-refractivity contribution in [2.45, 2.75) is 19.9 Å². The summed E-state index contributed by atoms with van der Waals surface area (Å²) in [5.41, 5.74) is 0.160. The lowest BCUT2D eigenvalue weighted by Crippen LogP contribution is -2.39. The number of hydrogen-bond acceptors (Lipinski definition) is 2. The van der Waals surface area contributed by atoms with Crippen molar-refractivity contribution < 1.29 is 14.0 Å². The molecule has 0 aromatic heterocycles. The molecule has 1 aromatic rings. The zero-order valence-corrected chi connectivity index (χ0v) is 11.7. The van der Waals surface area contributed by atoms with Crippen LogP contribution in [0.5, 0.6) is 0 Å². The first kappa shape index (κ1) is 14.6. The summed E-state index contributed by atoms with van der Waals surface area (Å²) >= 11 is 3.15. The number of carbonyl (C=O) groups excluding carboxylic acids is 2. The molecule has 1 rings (SSSR count). The summed E-state index contributed by atoms with van der Waals surface area (Å²) < 4.78 is 13.5. The van der Waals surface area contributed by atoms with E-state index in [1.165, 1.54) is 12.1 Å². The van der Waals surface area contributed by atoms with Crippen LogP contribution in [0.3, 0.4) is 0 Å². The monoisotopic (exact) mass is 316 g/mol. The fourth-order valence-corrected chi connectivity index (χ4v) is 1.73. The standard InChI is InChI=1S/C12H14BrFN2O2/c1-7(2)16-11(17)6-15-12(18)9-5-8(14)3-4-10(9)13/h3-5,7H,6H2,1-2H3,(H,15,18)(H,16,17). The van der Waals surface area contributed by atoms with E-state index in [1.54, 1.807) is 0 Å². The highest BCUT2D eigenvalue weighted by Crippen LogP contribution is 2.17. The van der Waals surface area contributed by atoms with Gasteiger partial charge in [0.25, 0.3) is 5.91 Å². The molecular formula is C12H14BrFN2O2. The van der Waals surface area contributed by atoms with Gasteiger partial charge in [0.2, 0.25) is 5.91 Å². The summed E-state index contributed by atoms with van der Waals surface area (Å²) in [6.07, 6.45) is 0. The molecule has 0 radical (unpaired) electrons. The zero-order valence-electron chi connectivity index (χ0n) is 10.1. The molecule has 0 bridgehead atoms. The number of amides is 2. The van der Waals surface area contributed by atoms with E-state index >= 15 is 0 Å². The Hall–Kier alpha value is -1.43. The Morgan fingerprint density at radius 3 is 2.67 bits per heavy atom. The highest BCUT2D eigenvalue weighted by atomic mass is 79.9. The summed E-state index contributed by atoms with van der Waals surface area (Å²) in [4.78, 5) is 23.0. The molecule has 0 heterocycles. The quantitative estimate of drug-likeness (QED) is 0.890. The van der Waals surface area contributed by atoms with Gasteiger partial charge in [0.05, 0.1) is 12.1 Å². The second-order valence-corrected chi connectivity index (χ2v) is 4.88. The molecule has 2 amide bonds. The second-order valence-electron chi connectivity index (χ2n) is 4.03. The molecular weight excluding hydrogens is 303 g/mol. The number of nitrogens with one attached hydrogen (secondary N) is 2. The molecule has 4 nitrogen and oxygen atoms in total. The van der Waals surface area contributed by atoms with Crippen LogP contribution >= 0.6 is 15.9 Å². The molecule has 0 unspecified atom stereocenters. The fraction of sp³-hybridized carbons (Fsp3) is 0.333. The molecule has 98 valence electrons. The zero-order chi connectivity index (χ0) is 13.7. The summed E-state index contributed by atoms with van der Waals surface area (Å²) in [5.74, 6) is -1.29. The molecule has 0 fully saturated rings. The van der Waals surface area contributed by atoms with Crippen molar-refractivity contribution in [1.82, 2.24) is 10.6 Å². The number of halogens is 2. The van der Waals surface area contributed by atoms with Crippen LogP contribution in [0, 0.1) is 5.82 Å². The van der Waals surface area contributed by atoms with Gasteiger partial charge in [-0.3, -0.25) is 9.59 Å². The molecule has 0 atom stereocenters. The second kappa shape index (κ2) is 6.49. The maximum absolute atomic E-state index is 13.0. The van der Waals surface area contributed by atoms with Gasteiger partial charge in [-0.05, 0) is 48.0 Å². The summed E-state index contributed by atoms with van der Waals surface area (Å²) in [6.45, 7) is 3.51. The Balaban J connectivity index is 2.60. The van der Waals surface area contributed by atoms with Gasteiger partial charge in [0.1, 0.15) is 5.82 Å². The van der Waals surface area contributed by atoms with E-state index in [-0.39, 0.29) is 24.1 Å². The molecule has 0 aliphatic heterocycles. The number of rotatable bonds is 4. The molecule has 2 N–H and O–H groups in total. The first-order valence-corrected chi connectivity index (χ1v) is 6.22. The molecule has 0 saturated carbocycles. The first-order chi connectivity index (χ1) is 8.40. The number of carbonyl (C=O) groups is 2. The maximum Gasteiger partial charge on any atom is 0.252 e. The van der Waals surface area contributed by atoms with E-state index in [2.05, 4.69) is 26.6 Å². The Bertz CT molecular complexity index is 463. The van der Waals surface area contributed by atoms with Crippen LogP contribution in [0.4, 0.5) is 4.39 Å². The van der Waals surface area contributed by atoms with Crippen molar-refractivity contribution in [3.63, 3.8) is 0 Å². The summed E-state index contributed by atoms with van der Waals surface area (Å²) in [7, 11) is 0. The van der Waals surface area contributed by atoms with E-state index < -0.39 is 11.7 Å². The molecule has 1 aromatic carbocycles. The minimum atomic E-state index is -0.505.